The summed E-state index contributed by atoms with van der Waals surface area (Å²) in [7, 11) is 0. The van der Waals surface area contributed by atoms with E-state index in [1.54, 1.807) is 0 Å². The van der Waals surface area contributed by atoms with Gasteiger partial charge in [0, 0.05) is 32.0 Å². The summed E-state index contributed by atoms with van der Waals surface area (Å²) in [6, 6.07) is 8.88. The molecule has 268 valence electrons. The number of nitrogens with zero attached hydrogens (tertiary/aromatic N) is 3. The molecule has 1 unspecified atom stereocenters. The number of anilines is 2. The summed E-state index contributed by atoms with van der Waals surface area (Å²) in [6.07, 6.45) is 35.0. The van der Waals surface area contributed by atoms with Gasteiger partial charge in [-0.3, -0.25) is 0 Å². The molecule has 0 aliphatic rings. The molecule has 0 aliphatic carbocycles. The van der Waals surface area contributed by atoms with Gasteiger partial charge in [-0.1, -0.05) is 162 Å². The highest BCUT2D eigenvalue weighted by molar-refractivity contribution is 5.40. The molecule has 2 aromatic rings. The molecule has 0 fully saturated rings. The first-order valence-electron chi connectivity index (χ1n) is 20.3. The third kappa shape index (κ3) is 18.9. The first-order chi connectivity index (χ1) is 22.9. The van der Waals surface area contributed by atoms with Crippen LogP contribution in [-0.4, -0.2) is 29.6 Å². The van der Waals surface area contributed by atoms with E-state index in [2.05, 4.69) is 88.4 Å². The second kappa shape index (κ2) is 25.9. The second-order valence-electron chi connectivity index (χ2n) is 15.2. The Labute approximate surface area is 292 Å². The fraction of sp³-hybridized carbons (Fsp3) is 0.767. The van der Waals surface area contributed by atoms with Gasteiger partial charge < -0.3 is 10.2 Å². The van der Waals surface area contributed by atoms with Gasteiger partial charge in [-0.2, -0.15) is 0 Å². The van der Waals surface area contributed by atoms with Crippen LogP contribution in [0.1, 0.15) is 188 Å². The molecule has 0 amide bonds. The van der Waals surface area contributed by atoms with Crippen molar-refractivity contribution in [2.75, 3.05) is 29.9 Å². The normalized spacial score (nSPS) is 12.4. The van der Waals surface area contributed by atoms with Crippen LogP contribution >= 0.6 is 0 Å². The highest BCUT2D eigenvalue weighted by Gasteiger charge is 2.24. The molecule has 0 aliphatic heterocycles. The molecule has 2 aromatic heterocycles. The standard InChI is InChI=1S/C43H76N4/c1-7-10-11-12-13-14-15-16-17-18-19-20-21-22-23-24-25-26-27-28-29-39-30-32-41(45-36-39)44-35-38(4)34-43(5,6)40-31-33-42(46-37-40)47(8-2)9-3/h30-33,36-38H,7-29,34-35H2,1-6H3,(H,44,45). The van der Waals surface area contributed by atoms with Crippen molar-refractivity contribution >= 4 is 11.6 Å². The van der Waals surface area contributed by atoms with E-state index < -0.39 is 0 Å². The third-order valence-electron chi connectivity index (χ3n) is 10.3. The smallest absolute Gasteiger partial charge is 0.128 e. The Bertz CT molecular complexity index is 980. The van der Waals surface area contributed by atoms with Gasteiger partial charge in [-0.15, -0.1) is 0 Å². The largest absolute Gasteiger partial charge is 0.370 e. The molecule has 0 saturated carbocycles. The lowest BCUT2D eigenvalue weighted by atomic mass is 9.78. The van der Waals surface area contributed by atoms with Gasteiger partial charge in [0.05, 0.1) is 0 Å². The van der Waals surface area contributed by atoms with Crippen LogP contribution < -0.4 is 10.2 Å². The predicted octanol–water partition coefficient (Wildman–Crippen LogP) is 13.1. The van der Waals surface area contributed by atoms with E-state index in [-0.39, 0.29) is 5.41 Å². The molecule has 0 bridgehead atoms. The van der Waals surface area contributed by atoms with Gasteiger partial charge in [-0.25, -0.2) is 9.97 Å². The third-order valence-corrected chi connectivity index (χ3v) is 10.3. The van der Waals surface area contributed by atoms with Crippen LogP contribution in [-0.2, 0) is 11.8 Å². The summed E-state index contributed by atoms with van der Waals surface area (Å²) in [5, 5.41) is 3.58. The van der Waals surface area contributed by atoms with Crippen LogP contribution in [0, 0.1) is 5.92 Å². The van der Waals surface area contributed by atoms with Crippen molar-refractivity contribution in [1.29, 1.82) is 0 Å². The molecule has 2 heterocycles. The van der Waals surface area contributed by atoms with Crippen LogP contribution in [0.5, 0.6) is 0 Å². The minimum absolute atomic E-state index is 0.0825. The summed E-state index contributed by atoms with van der Waals surface area (Å²) in [6.45, 7) is 16.6. The fourth-order valence-electron chi connectivity index (χ4n) is 7.12. The van der Waals surface area contributed by atoms with Crippen LogP contribution in [0.25, 0.3) is 0 Å². The molecule has 1 N–H and O–H groups in total. The van der Waals surface area contributed by atoms with Gasteiger partial charge in [0.2, 0.25) is 0 Å². The fourth-order valence-corrected chi connectivity index (χ4v) is 7.12. The van der Waals surface area contributed by atoms with E-state index in [9.17, 15) is 0 Å². The summed E-state index contributed by atoms with van der Waals surface area (Å²) in [4.78, 5) is 11.8. The summed E-state index contributed by atoms with van der Waals surface area (Å²) in [5.41, 5.74) is 2.76. The predicted molar refractivity (Wildman–Crippen MR) is 209 cm³/mol. The Kier molecular flexibility index (Phi) is 22.6. The molecule has 0 spiro atoms. The Morgan fingerprint density at radius 3 is 1.55 bits per heavy atom. The van der Waals surface area contributed by atoms with Crippen LogP contribution in [0.2, 0.25) is 0 Å². The number of pyridine rings is 2. The molecule has 0 saturated heterocycles. The van der Waals surface area contributed by atoms with Crippen molar-refractivity contribution in [3.63, 3.8) is 0 Å². The summed E-state index contributed by atoms with van der Waals surface area (Å²) >= 11 is 0. The van der Waals surface area contributed by atoms with Gasteiger partial charge in [0.1, 0.15) is 11.6 Å². The Morgan fingerprint density at radius 2 is 1.13 bits per heavy atom. The van der Waals surface area contributed by atoms with Gasteiger partial charge in [0.25, 0.3) is 0 Å². The molecule has 4 heteroatoms. The molecule has 1 atom stereocenters. The van der Waals surface area contributed by atoms with Gasteiger partial charge in [-0.05, 0) is 67.7 Å². The second-order valence-corrected chi connectivity index (χ2v) is 15.2. The van der Waals surface area contributed by atoms with Gasteiger partial charge in [0.15, 0.2) is 0 Å². The highest BCUT2D eigenvalue weighted by Crippen LogP contribution is 2.31. The maximum Gasteiger partial charge on any atom is 0.128 e. The van der Waals surface area contributed by atoms with Crippen molar-refractivity contribution in [3.05, 3.63) is 47.8 Å². The van der Waals surface area contributed by atoms with Crippen molar-refractivity contribution in [1.82, 2.24) is 9.97 Å². The lowest BCUT2D eigenvalue weighted by molar-refractivity contribution is 0.390. The minimum Gasteiger partial charge on any atom is -0.370 e. The number of hydrogen-bond acceptors (Lipinski definition) is 4. The topological polar surface area (TPSA) is 41.0 Å². The highest BCUT2D eigenvalue weighted by atomic mass is 15.2. The van der Waals surface area contributed by atoms with Crippen molar-refractivity contribution in [3.8, 4) is 0 Å². The number of nitrogens with one attached hydrogen (secondary N) is 1. The molecule has 0 radical (unpaired) electrons. The Morgan fingerprint density at radius 1 is 0.617 bits per heavy atom. The van der Waals surface area contributed by atoms with Crippen LogP contribution in [0.3, 0.4) is 0 Å². The van der Waals surface area contributed by atoms with E-state index in [1.165, 1.54) is 140 Å². The summed E-state index contributed by atoms with van der Waals surface area (Å²) < 4.78 is 0. The monoisotopic (exact) mass is 649 g/mol. The van der Waals surface area contributed by atoms with Crippen LogP contribution in [0.4, 0.5) is 11.6 Å². The Hall–Kier alpha value is -2.10. The zero-order valence-corrected chi connectivity index (χ0v) is 32.1. The first-order valence-corrected chi connectivity index (χ1v) is 20.3. The van der Waals surface area contributed by atoms with E-state index in [4.69, 9.17) is 9.97 Å². The van der Waals surface area contributed by atoms with E-state index in [0.29, 0.717) is 5.92 Å². The number of unbranched alkanes of at least 4 members (excludes halogenated alkanes) is 19. The zero-order chi connectivity index (χ0) is 34.0. The molecule has 47 heavy (non-hydrogen) atoms. The Balaban J connectivity index is 1.45. The minimum atomic E-state index is 0.0825. The lowest BCUT2D eigenvalue weighted by Crippen LogP contribution is -2.26. The number of aromatic nitrogens is 2. The molecule has 0 aromatic carbocycles. The molecular formula is C43H76N4. The average molecular weight is 649 g/mol. The summed E-state index contributed by atoms with van der Waals surface area (Å²) in [5.74, 6) is 2.60. The van der Waals surface area contributed by atoms with Crippen molar-refractivity contribution < 1.29 is 0 Å². The molecular weight excluding hydrogens is 573 g/mol. The lowest BCUT2D eigenvalue weighted by Gasteiger charge is -2.29. The molecule has 4 nitrogen and oxygen atoms in total. The van der Waals surface area contributed by atoms with Crippen molar-refractivity contribution in [2.45, 2.75) is 188 Å². The molecule has 2 rings (SSSR count). The van der Waals surface area contributed by atoms with E-state index >= 15 is 0 Å². The van der Waals surface area contributed by atoms with E-state index in [1.807, 2.05) is 0 Å². The van der Waals surface area contributed by atoms with E-state index in [0.717, 1.165) is 44.1 Å². The first kappa shape index (κ1) is 41.1. The van der Waals surface area contributed by atoms with Crippen LogP contribution in [0.15, 0.2) is 36.7 Å². The number of hydrogen-bond donors (Lipinski definition) is 1. The maximum absolute atomic E-state index is 4.77. The number of rotatable bonds is 30. The number of aryl methyl sites for hydroxylation is 1. The van der Waals surface area contributed by atoms with Gasteiger partial charge >= 0.3 is 0 Å². The maximum atomic E-state index is 4.77. The zero-order valence-electron chi connectivity index (χ0n) is 32.1. The van der Waals surface area contributed by atoms with Crippen molar-refractivity contribution in [2.24, 2.45) is 5.92 Å². The average Bonchev–Trinajstić information content (AvgIpc) is 3.07. The quantitative estimate of drug-likeness (QED) is 0.0856. The SMILES string of the molecule is CCCCCCCCCCCCCCCCCCCCCCc1ccc(NCC(C)CC(C)(C)c2ccc(N(CC)CC)nc2)nc1.